The molecule has 2 aromatic heterocycles. The smallest absolute Gasteiger partial charge is 0.258 e. The lowest BCUT2D eigenvalue weighted by Gasteiger charge is -2.22. The molecule has 0 bridgehead atoms. The molecule has 0 saturated carbocycles. The monoisotopic (exact) mass is 617 g/mol. The van der Waals surface area contributed by atoms with E-state index in [0.717, 1.165) is 27.7 Å². The molecule has 1 atom stereocenters. The highest BCUT2D eigenvalue weighted by atomic mass is 16.5. The molecule has 0 aliphatic heterocycles. The minimum atomic E-state index is -0.682. The second-order valence-electron chi connectivity index (χ2n) is 11.0. The summed E-state index contributed by atoms with van der Waals surface area (Å²) in [6, 6.07) is 27.8. The topological polar surface area (TPSA) is 115 Å². The average molecular weight is 618 g/mol. The summed E-state index contributed by atoms with van der Waals surface area (Å²) in [5.41, 5.74) is 4.26. The van der Waals surface area contributed by atoms with Crippen LogP contribution in [0.1, 0.15) is 38.7 Å². The molecule has 2 heterocycles. The van der Waals surface area contributed by atoms with E-state index in [-0.39, 0.29) is 22.8 Å². The number of fused-ring (bicyclic) bond motifs is 2. The molecule has 6 rings (SSSR count). The number of hydrogen-bond donors (Lipinski definition) is 3. The molecule has 1 amide bonds. The number of carbonyl (C=O) groups excluding carboxylic acids is 1. The summed E-state index contributed by atoms with van der Waals surface area (Å²) in [5.74, 6) is 0.576. The maximum atomic E-state index is 14.1. The number of para-hydroxylation sites is 2. The lowest BCUT2D eigenvalue weighted by Crippen LogP contribution is -2.27. The second kappa shape index (κ2) is 12.7. The molecule has 0 aliphatic rings. The number of carbonyl (C=O) groups is 1. The van der Waals surface area contributed by atoms with Crippen molar-refractivity contribution in [1.82, 2.24) is 14.9 Å². The fraction of sp³-hybridized carbons (Fsp3) is 0.189. The molecule has 9 heteroatoms. The number of aromatic amines is 1. The van der Waals surface area contributed by atoms with Crippen LogP contribution in [0.25, 0.3) is 21.8 Å². The van der Waals surface area contributed by atoms with Gasteiger partial charge in [0, 0.05) is 41.6 Å². The van der Waals surface area contributed by atoms with Crippen LogP contribution >= 0.6 is 0 Å². The van der Waals surface area contributed by atoms with Gasteiger partial charge in [0.05, 0.1) is 43.9 Å². The molecule has 0 fully saturated rings. The van der Waals surface area contributed by atoms with Crippen molar-refractivity contribution < 1.29 is 24.1 Å². The number of aromatic hydroxyl groups is 1. The SMILES string of the molecule is COc1cccc(C(c2[nH]c3ccccc3c2CCNC(=O)c2ccc(OC)cc2OC)c2c(O)c3ccccc3n(C)c2=O)c1. The third-order valence-corrected chi connectivity index (χ3v) is 8.48. The Bertz CT molecular complexity index is 2130. The normalized spacial score (nSPS) is 11.8. The molecular weight excluding hydrogens is 582 g/mol. The van der Waals surface area contributed by atoms with Crippen LogP contribution in [0.15, 0.2) is 95.8 Å². The van der Waals surface area contributed by atoms with Crippen molar-refractivity contribution in [2.75, 3.05) is 27.9 Å². The fourth-order valence-corrected chi connectivity index (χ4v) is 6.18. The van der Waals surface area contributed by atoms with Gasteiger partial charge in [0.1, 0.15) is 23.0 Å². The van der Waals surface area contributed by atoms with Crippen LogP contribution in [0.5, 0.6) is 23.0 Å². The Morgan fingerprint density at radius 2 is 1.59 bits per heavy atom. The molecule has 4 aromatic carbocycles. The first-order chi connectivity index (χ1) is 22.4. The minimum Gasteiger partial charge on any atom is -0.507 e. The largest absolute Gasteiger partial charge is 0.507 e. The number of ether oxygens (including phenoxy) is 3. The van der Waals surface area contributed by atoms with Gasteiger partial charge >= 0.3 is 0 Å². The summed E-state index contributed by atoms with van der Waals surface area (Å²) in [7, 11) is 6.37. The lowest BCUT2D eigenvalue weighted by atomic mass is 9.85. The zero-order chi connectivity index (χ0) is 32.4. The quantitative estimate of drug-likeness (QED) is 0.176. The fourth-order valence-electron chi connectivity index (χ4n) is 6.18. The van der Waals surface area contributed by atoms with E-state index in [1.54, 1.807) is 44.0 Å². The van der Waals surface area contributed by atoms with Crippen molar-refractivity contribution in [3.8, 4) is 23.0 Å². The van der Waals surface area contributed by atoms with Crippen molar-refractivity contribution >= 4 is 27.7 Å². The maximum Gasteiger partial charge on any atom is 0.258 e. The van der Waals surface area contributed by atoms with E-state index in [1.165, 1.54) is 7.11 Å². The molecule has 0 aliphatic carbocycles. The highest BCUT2D eigenvalue weighted by Crippen LogP contribution is 2.41. The van der Waals surface area contributed by atoms with Gasteiger partial charge < -0.3 is 34.2 Å². The van der Waals surface area contributed by atoms with E-state index in [0.29, 0.717) is 46.7 Å². The molecule has 46 heavy (non-hydrogen) atoms. The first-order valence-corrected chi connectivity index (χ1v) is 14.9. The molecule has 0 saturated heterocycles. The number of benzene rings is 4. The highest BCUT2D eigenvalue weighted by molar-refractivity contribution is 5.97. The summed E-state index contributed by atoms with van der Waals surface area (Å²) in [6.45, 7) is 0.301. The molecule has 9 nitrogen and oxygen atoms in total. The summed E-state index contributed by atoms with van der Waals surface area (Å²) in [6.07, 6.45) is 0.443. The summed E-state index contributed by atoms with van der Waals surface area (Å²) >= 11 is 0. The number of hydrogen-bond acceptors (Lipinski definition) is 6. The van der Waals surface area contributed by atoms with Crippen molar-refractivity contribution in [3.63, 3.8) is 0 Å². The number of aromatic nitrogens is 2. The number of nitrogens with one attached hydrogen (secondary N) is 2. The molecule has 6 aromatic rings. The second-order valence-corrected chi connectivity index (χ2v) is 11.0. The zero-order valence-corrected chi connectivity index (χ0v) is 26.1. The molecule has 1 unspecified atom stereocenters. The lowest BCUT2D eigenvalue weighted by molar-refractivity contribution is 0.0951. The molecular formula is C37H35N3O6. The van der Waals surface area contributed by atoms with Gasteiger partial charge in [-0.05, 0) is 60.0 Å². The van der Waals surface area contributed by atoms with Gasteiger partial charge in [-0.1, -0.05) is 42.5 Å². The average Bonchev–Trinajstić information content (AvgIpc) is 3.46. The third-order valence-electron chi connectivity index (χ3n) is 8.48. The molecule has 0 radical (unpaired) electrons. The molecule has 3 N–H and O–H groups in total. The number of amides is 1. The van der Waals surface area contributed by atoms with Crippen LogP contribution in [0.4, 0.5) is 0 Å². The third kappa shape index (κ3) is 5.40. The highest BCUT2D eigenvalue weighted by Gasteiger charge is 2.30. The number of nitrogens with zero attached hydrogens (tertiary/aromatic N) is 1. The number of aryl methyl sites for hydroxylation is 1. The minimum absolute atomic E-state index is 0.0731. The Morgan fingerprint density at radius 3 is 2.35 bits per heavy atom. The number of H-pyrrole nitrogens is 1. The van der Waals surface area contributed by atoms with Gasteiger partial charge in [0.2, 0.25) is 0 Å². The van der Waals surface area contributed by atoms with Crippen molar-refractivity contribution in [2.24, 2.45) is 7.05 Å². The van der Waals surface area contributed by atoms with Crippen molar-refractivity contribution in [3.05, 3.63) is 129 Å². The van der Waals surface area contributed by atoms with Crippen LogP contribution in [0, 0.1) is 0 Å². The Hall–Kier alpha value is -5.70. The van der Waals surface area contributed by atoms with Crippen LogP contribution in [-0.2, 0) is 13.5 Å². The van der Waals surface area contributed by atoms with Crippen LogP contribution in [-0.4, -0.2) is 48.4 Å². The Kier molecular flexibility index (Phi) is 8.39. The molecule has 234 valence electrons. The summed E-state index contributed by atoms with van der Waals surface area (Å²) < 4.78 is 17.8. The number of pyridine rings is 1. The van der Waals surface area contributed by atoms with Crippen molar-refractivity contribution in [1.29, 1.82) is 0 Å². The van der Waals surface area contributed by atoms with Crippen LogP contribution < -0.4 is 25.1 Å². The van der Waals surface area contributed by atoms with Gasteiger partial charge in [0.15, 0.2) is 0 Å². The summed E-state index contributed by atoms with van der Waals surface area (Å²) in [4.78, 5) is 31.0. The Labute approximate surface area is 266 Å². The van der Waals surface area contributed by atoms with Gasteiger partial charge in [-0.25, -0.2) is 0 Å². The predicted octanol–water partition coefficient (Wildman–Crippen LogP) is 5.90. The van der Waals surface area contributed by atoms with Gasteiger partial charge in [-0.2, -0.15) is 0 Å². The Morgan fingerprint density at radius 1 is 0.870 bits per heavy atom. The van der Waals surface area contributed by atoms with Crippen molar-refractivity contribution in [2.45, 2.75) is 12.3 Å². The van der Waals surface area contributed by atoms with Gasteiger partial charge in [-0.15, -0.1) is 0 Å². The first-order valence-electron chi connectivity index (χ1n) is 14.9. The van der Waals surface area contributed by atoms with E-state index >= 15 is 0 Å². The van der Waals surface area contributed by atoms with Gasteiger partial charge in [0.25, 0.3) is 11.5 Å². The predicted molar refractivity (Wildman–Crippen MR) is 179 cm³/mol. The molecule has 0 spiro atoms. The van der Waals surface area contributed by atoms with Crippen LogP contribution in [0.2, 0.25) is 0 Å². The van der Waals surface area contributed by atoms with E-state index < -0.39 is 5.92 Å². The van der Waals surface area contributed by atoms with E-state index in [4.69, 9.17) is 14.2 Å². The number of rotatable bonds is 10. The Balaban J connectivity index is 1.48. The van der Waals surface area contributed by atoms with Gasteiger partial charge in [-0.3, -0.25) is 9.59 Å². The first kappa shape index (κ1) is 30.3. The summed E-state index contributed by atoms with van der Waals surface area (Å²) in [5, 5.41) is 16.3. The van der Waals surface area contributed by atoms with E-state index in [9.17, 15) is 14.7 Å². The van der Waals surface area contributed by atoms with E-state index in [2.05, 4.69) is 10.3 Å². The standard InChI is InChI=1S/C37H35N3O6/c1-40-30-15-8-6-13-27(30)35(41)33(37(40)43)32(22-10-9-11-23(20-22)44-2)34-26(25-12-5-7-14-29(25)39-34)18-19-38-36(42)28-17-16-24(45-3)21-31(28)46-4/h5-17,20-21,32,39,41H,18-19H2,1-4H3,(H,38,42). The van der Waals surface area contributed by atoms with E-state index in [1.807, 2.05) is 72.8 Å². The zero-order valence-electron chi connectivity index (χ0n) is 26.1. The number of methoxy groups -OCH3 is 3. The maximum absolute atomic E-state index is 14.1. The van der Waals surface area contributed by atoms with Crippen LogP contribution in [0.3, 0.4) is 0 Å².